The summed E-state index contributed by atoms with van der Waals surface area (Å²) in [5, 5.41) is 2.74. The molecule has 2 rings (SSSR count). The zero-order valence-electron chi connectivity index (χ0n) is 15.4. The number of carbonyl (C=O) groups excluding carboxylic acids is 3. The largest absolute Gasteiger partial charge is 0.378 e. The average molecular weight is 353 g/mol. The minimum Gasteiger partial charge on any atom is -0.378 e. The van der Waals surface area contributed by atoms with Crippen LogP contribution >= 0.6 is 0 Å². The summed E-state index contributed by atoms with van der Waals surface area (Å²) in [4.78, 5) is 38.9. The van der Waals surface area contributed by atoms with Gasteiger partial charge in [-0.25, -0.2) is 0 Å². The van der Waals surface area contributed by atoms with Gasteiger partial charge in [0.05, 0.1) is 0 Å². The van der Waals surface area contributed by atoms with Gasteiger partial charge in [0, 0.05) is 43.6 Å². The molecule has 6 nitrogen and oxygen atoms in total. The first-order valence-electron chi connectivity index (χ1n) is 8.24. The van der Waals surface area contributed by atoms with Crippen LogP contribution in [-0.2, 0) is 9.59 Å². The second kappa shape index (κ2) is 8.29. The topological polar surface area (TPSA) is 69.7 Å². The molecule has 2 aromatic carbocycles. The van der Waals surface area contributed by atoms with E-state index in [4.69, 9.17) is 0 Å². The van der Waals surface area contributed by atoms with Crippen molar-refractivity contribution in [2.24, 2.45) is 0 Å². The number of hydrogen-bond donors (Lipinski definition) is 1. The third kappa shape index (κ3) is 4.92. The Morgan fingerprint density at radius 2 is 1.38 bits per heavy atom. The van der Waals surface area contributed by atoms with Crippen LogP contribution in [0.5, 0.6) is 0 Å². The Balaban J connectivity index is 2.08. The SMILES string of the molecule is CC(=O)c1ccc(NC(=O)CN(C(C)=O)c2ccc(N(C)C)cc2)cc1. The van der Waals surface area contributed by atoms with Crippen LogP contribution in [0.25, 0.3) is 0 Å². The zero-order chi connectivity index (χ0) is 19.3. The molecular weight excluding hydrogens is 330 g/mol. The Kier molecular flexibility index (Phi) is 6.11. The molecule has 0 unspecified atom stereocenters. The molecule has 0 aliphatic rings. The molecule has 1 N–H and O–H groups in total. The molecule has 136 valence electrons. The molecule has 0 atom stereocenters. The highest BCUT2D eigenvalue weighted by Gasteiger charge is 2.16. The fourth-order valence-corrected chi connectivity index (χ4v) is 2.45. The van der Waals surface area contributed by atoms with E-state index in [1.165, 1.54) is 18.7 Å². The normalized spacial score (nSPS) is 10.2. The summed E-state index contributed by atoms with van der Waals surface area (Å²) in [5.41, 5.74) is 2.82. The lowest BCUT2D eigenvalue weighted by Crippen LogP contribution is -2.36. The summed E-state index contributed by atoms with van der Waals surface area (Å²) in [7, 11) is 3.87. The van der Waals surface area contributed by atoms with Gasteiger partial charge >= 0.3 is 0 Å². The molecular formula is C20H23N3O3. The standard InChI is InChI=1S/C20H23N3O3/c1-14(24)16-5-7-17(8-6-16)21-20(26)13-23(15(2)25)19-11-9-18(10-12-19)22(3)4/h5-12H,13H2,1-4H3,(H,21,26). The van der Waals surface area contributed by atoms with Crippen molar-refractivity contribution in [3.63, 3.8) is 0 Å². The van der Waals surface area contributed by atoms with Gasteiger partial charge in [-0.1, -0.05) is 0 Å². The van der Waals surface area contributed by atoms with Crippen molar-refractivity contribution in [2.45, 2.75) is 13.8 Å². The summed E-state index contributed by atoms with van der Waals surface area (Å²) in [5.74, 6) is -0.566. The van der Waals surface area contributed by atoms with E-state index in [1.807, 2.05) is 43.3 Å². The lowest BCUT2D eigenvalue weighted by molar-refractivity contribution is -0.120. The maximum atomic E-state index is 12.3. The number of anilines is 3. The van der Waals surface area contributed by atoms with E-state index in [0.717, 1.165) is 5.69 Å². The summed E-state index contributed by atoms with van der Waals surface area (Å²) < 4.78 is 0. The van der Waals surface area contributed by atoms with E-state index in [0.29, 0.717) is 16.9 Å². The highest BCUT2D eigenvalue weighted by atomic mass is 16.2. The summed E-state index contributed by atoms with van der Waals surface area (Å²) in [6.45, 7) is 2.82. The molecule has 0 aromatic heterocycles. The molecule has 0 spiro atoms. The molecule has 0 bridgehead atoms. The third-order valence-electron chi connectivity index (χ3n) is 3.93. The maximum absolute atomic E-state index is 12.3. The Hall–Kier alpha value is -3.15. The number of Topliss-reactive ketones (excluding diaryl/α,β-unsaturated/α-hetero) is 1. The van der Waals surface area contributed by atoms with E-state index in [1.54, 1.807) is 24.3 Å². The van der Waals surface area contributed by atoms with Crippen molar-refractivity contribution < 1.29 is 14.4 Å². The van der Waals surface area contributed by atoms with Gasteiger partial charge in [-0.3, -0.25) is 14.4 Å². The van der Waals surface area contributed by atoms with E-state index >= 15 is 0 Å². The van der Waals surface area contributed by atoms with Crippen LogP contribution in [0, 0.1) is 0 Å². The monoisotopic (exact) mass is 353 g/mol. The summed E-state index contributed by atoms with van der Waals surface area (Å²) in [6.07, 6.45) is 0. The van der Waals surface area contributed by atoms with Crippen molar-refractivity contribution in [2.75, 3.05) is 35.8 Å². The molecule has 26 heavy (non-hydrogen) atoms. The smallest absolute Gasteiger partial charge is 0.244 e. The van der Waals surface area contributed by atoms with E-state index in [9.17, 15) is 14.4 Å². The number of nitrogens with one attached hydrogen (secondary N) is 1. The molecule has 0 aliphatic heterocycles. The van der Waals surface area contributed by atoms with Gasteiger partial charge in [0.25, 0.3) is 0 Å². The van der Waals surface area contributed by atoms with Crippen molar-refractivity contribution in [3.8, 4) is 0 Å². The highest BCUT2D eigenvalue weighted by Crippen LogP contribution is 2.20. The summed E-state index contributed by atoms with van der Waals surface area (Å²) in [6, 6.07) is 14.0. The van der Waals surface area contributed by atoms with Crippen molar-refractivity contribution in [3.05, 3.63) is 54.1 Å². The molecule has 0 fully saturated rings. The van der Waals surface area contributed by atoms with Gasteiger partial charge in [-0.15, -0.1) is 0 Å². The van der Waals surface area contributed by atoms with Gasteiger partial charge in [0.1, 0.15) is 6.54 Å². The first kappa shape index (κ1) is 19.2. The molecule has 0 heterocycles. The Morgan fingerprint density at radius 1 is 0.846 bits per heavy atom. The molecule has 0 saturated carbocycles. The number of carbonyl (C=O) groups is 3. The summed E-state index contributed by atoms with van der Waals surface area (Å²) >= 11 is 0. The van der Waals surface area contributed by atoms with Crippen LogP contribution < -0.4 is 15.1 Å². The van der Waals surface area contributed by atoms with Crippen LogP contribution in [0.4, 0.5) is 17.1 Å². The Labute approximate surface area is 153 Å². The van der Waals surface area contributed by atoms with Gasteiger partial charge in [0.2, 0.25) is 11.8 Å². The number of hydrogen-bond acceptors (Lipinski definition) is 4. The van der Waals surface area contributed by atoms with Crippen LogP contribution in [0.3, 0.4) is 0 Å². The average Bonchev–Trinajstić information content (AvgIpc) is 2.60. The van der Waals surface area contributed by atoms with Crippen molar-refractivity contribution in [1.29, 1.82) is 0 Å². The highest BCUT2D eigenvalue weighted by molar-refractivity contribution is 6.02. The van der Waals surface area contributed by atoms with Gasteiger partial charge in [0.15, 0.2) is 5.78 Å². The van der Waals surface area contributed by atoms with E-state index < -0.39 is 0 Å². The number of benzene rings is 2. The first-order chi connectivity index (χ1) is 12.3. The number of amides is 2. The maximum Gasteiger partial charge on any atom is 0.244 e. The van der Waals surface area contributed by atoms with Gasteiger partial charge in [-0.05, 0) is 55.5 Å². The lowest BCUT2D eigenvalue weighted by atomic mass is 10.1. The lowest BCUT2D eigenvalue weighted by Gasteiger charge is -2.22. The minimum absolute atomic E-state index is 0.0354. The van der Waals surface area contributed by atoms with Crippen LogP contribution in [0.15, 0.2) is 48.5 Å². The number of rotatable bonds is 6. The fraction of sp³-hybridized carbons (Fsp3) is 0.250. The molecule has 0 aliphatic carbocycles. The second-order valence-electron chi connectivity index (χ2n) is 6.20. The van der Waals surface area contributed by atoms with Crippen LogP contribution in [0.1, 0.15) is 24.2 Å². The number of nitrogens with zero attached hydrogens (tertiary/aromatic N) is 2. The molecule has 6 heteroatoms. The predicted octanol–water partition coefficient (Wildman–Crippen LogP) is 2.95. The third-order valence-corrected chi connectivity index (χ3v) is 3.93. The van der Waals surface area contributed by atoms with Crippen LogP contribution in [-0.4, -0.2) is 38.2 Å². The molecule has 2 aromatic rings. The minimum atomic E-state index is -0.313. The van der Waals surface area contributed by atoms with Gasteiger partial charge < -0.3 is 15.1 Å². The van der Waals surface area contributed by atoms with E-state index in [-0.39, 0.29) is 24.1 Å². The quantitative estimate of drug-likeness (QED) is 0.811. The van der Waals surface area contributed by atoms with Crippen LogP contribution in [0.2, 0.25) is 0 Å². The number of ketones is 1. The van der Waals surface area contributed by atoms with Gasteiger partial charge in [-0.2, -0.15) is 0 Å². The second-order valence-corrected chi connectivity index (χ2v) is 6.20. The Bertz CT molecular complexity index is 796. The fourth-order valence-electron chi connectivity index (χ4n) is 2.45. The van der Waals surface area contributed by atoms with E-state index in [2.05, 4.69) is 5.32 Å². The van der Waals surface area contributed by atoms with Crippen molar-refractivity contribution >= 4 is 34.7 Å². The molecule has 0 radical (unpaired) electrons. The molecule has 2 amide bonds. The first-order valence-corrected chi connectivity index (χ1v) is 8.24. The Morgan fingerprint density at radius 3 is 1.85 bits per heavy atom. The van der Waals surface area contributed by atoms with Crippen molar-refractivity contribution in [1.82, 2.24) is 0 Å². The zero-order valence-corrected chi connectivity index (χ0v) is 15.4. The molecule has 0 saturated heterocycles. The predicted molar refractivity (Wildman–Crippen MR) is 104 cm³/mol.